The first-order valence-electron chi connectivity index (χ1n) is 12.8. The summed E-state index contributed by atoms with van der Waals surface area (Å²) >= 11 is 0. The van der Waals surface area contributed by atoms with Crippen molar-refractivity contribution < 1.29 is 0 Å². The molecule has 3 N–H and O–H groups in total. The molecule has 3 aliphatic heterocycles. The van der Waals surface area contributed by atoms with Gasteiger partial charge in [0.1, 0.15) is 5.82 Å². The minimum atomic E-state index is 0.840. The van der Waals surface area contributed by atoms with Gasteiger partial charge in [0.2, 0.25) is 0 Å². The first-order chi connectivity index (χ1) is 18.5. The minimum Gasteiger partial charge on any atom is -0.369 e. The predicted molar refractivity (Wildman–Crippen MR) is 156 cm³/mol. The molecule has 0 atom stereocenters. The Labute approximate surface area is 222 Å². The van der Waals surface area contributed by atoms with Crippen molar-refractivity contribution in [1.82, 2.24) is 25.1 Å². The second kappa shape index (κ2) is 9.72. The van der Waals surface area contributed by atoms with Crippen LogP contribution in [0.4, 0.5) is 11.4 Å². The molecular weight excluding hydrogens is 472 g/mol. The van der Waals surface area contributed by atoms with E-state index in [1.54, 1.807) is 0 Å². The number of nitrogens with one attached hydrogen (secondary N) is 3. The molecule has 3 aromatic rings. The van der Waals surface area contributed by atoms with Crippen molar-refractivity contribution in [2.75, 3.05) is 50.1 Å². The average Bonchev–Trinajstić information content (AvgIpc) is 3.44. The monoisotopic (exact) mass is 504 g/mol. The van der Waals surface area contributed by atoms with Crippen LogP contribution in [0.2, 0.25) is 0 Å². The number of rotatable bonds is 5. The Bertz CT molecular complexity index is 1590. The van der Waals surface area contributed by atoms with Gasteiger partial charge in [0.25, 0.3) is 0 Å². The summed E-state index contributed by atoms with van der Waals surface area (Å²) in [4.78, 5) is 16.9. The van der Waals surface area contributed by atoms with Gasteiger partial charge in [-0.15, -0.1) is 0 Å². The normalized spacial score (nSPS) is 17.6. The third-order valence-electron chi connectivity index (χ3n) is 7.39. The highest BCUT2D eigenvalue weighted by atomic mass is 15.4. The summed E-state index contributed by atoms with van der Waals surface area (Å²) in [7, 11) is 4.16. The number of aromatic amines is 1. The van der Waals surface area contributed by atoms with Crippen molar-refractivity contribution in [3.8, 4) is 0 Å². The standard InChI is InChI=1S/C30H32N8/c1-21-36(3)20-30(28-15-23(4-6-33-28)25-14-24-5-7-34-29(24)19-32-18-25)38(21)27-13-22(17-31)12-26(16-27)37-10-8-35(2)9-11-37/h4-7,12-20,31-32,34H,1,8-11H2,2-3H3. The lowest BCUT2D eigenvalue weighted by atomic mass is 10.0. The van der Waals surface area contributed by atoms with Gasteiger partial charge < -0.3 is 30.4 Å². The number of hydrogen-bond acceptors (Lipinski definition) is 7. The van der Waals surface area contributed by atoms with E-state index in [1.165, 1.54) is 6.21 Å². The smallest absolute Gasteiger partial charge is 0.110 e. The molecule has 1 aromatic carbocycles. The maximum atomic E-state index is 8.01. The van der Waals surface area contributed by atoms with Crippen LogP contribution >= 0.6 is 0 Å². The zero-order chi connectivity index (χ0) is 26.2. The van der Waals surface area contributed by atoms with E-state index < -0.39 is 0 Å². The second-order valence-electron chi connectivity index (χ2n) is 9.93. The zero-order valence-electron chi connectivity index (χ0n) is 21.8. The fourth-order valence-electron chi connectivity index (χ4n) is 5.14. The lowest BCUT2D eigenvalue weighted by molar-refractivity contribution is 0.313. The second-order valence-corrected chi connectivity index (χ2v) is 9.93. The average molecular weight is 505 g/mol. The van der Waals surface area contributed by atoms with Crippen molar-refractivity contribution in [3.05, 3.63) is 101 Å². The molecule has 1 saturated heterocycles. The molecule has 8 nitrogen and oxygen atoms in total. The number of piperazine rings is 1. The summed E-state index contributed by atoms with van der Waals surface area (Å²) in [5.41, 5.74) is 6.90. The lowest BCUT2D eigenvalue weighted by Crippen LogP contribution is -2.44. The molecule has 6 rings (SSSR count). The number of hydrogen-bond donors (Lipinski definition) is 3. The van der Waals surface area contributed by atoms with Gasteiger partial charge in [-0.25, -0.2) is 0 Å². The number of H-pyrrole nitrogens is 1. The number of aromatic nitrogens is 2. The number of fused-ring (bicyclic) bond motifs is 1. The number of nitrogens with zero attached hydrogens (tertiary/aromatic N) is 5. The van der Waals surface area contributed by atoms with Gasteiger partial charge in [-0.1, -0.05) is 6.58 Å². The Balaban J connectivity index is 1.38. The maximum Gasteiger partial charge on any atom is 0.110 e. The first kappa shape index (κ1) is 23.8. The highest BCUT2D eigenvalue weighted by Gasteiger charge is 2.28. The van der Waals surface area contributed by atoms with Crippen LogP contribution in [0, 0.1) is 5.41 Å². The van der Waals surface area contributed by atoms with E-state index in [0.717, 1.165) is 82.0 Å². The van der Waals surface area contributed by atoms with Crippen LogP contribution in [0.1, 0.15) is 16.8 Å². The summed E-state index contributed by atoms with van der Waals surface area (Å²) in [5.74, 6) is 0.840. The highest BCUT2D eigenvalue weighted by molar-refractivity contribution is 5.92. The number of benzene rings is 1. The molecule has 0 aliphatic carbocycles. The van der Waals surface area contributed by atoms with E-state index in [0.29, 0.717) is 0 Å². The Kier molecular flexibility index (Phi) is 6.09. The third-order valence-corrected chi connectivity index (χ3v) is 7.39. The van der Waals surface area contributed by atoms with Crippen LogP contribution in [-0.4, -0.2) is 66.3 Å². The molecular formula is C30H32N8. The van der Waals surface area contributed by atoms with E-state index in [9.17, 15) is 0 Å². The zero-order valence-corrected chi connectivity index (χ0v) is 21.8. The SMILES string of the molecule is C=C1N(C)C=C(c2cc(C3=CNC=c4[nH]ccc4=C3)ccn2)N1c1cc(C=N)cc(N2CCN(C)CC2)c1. The van der Waals surface area contributed by atoms with Gasteiger partial charge in [0.05, 0.1) is 22.4 Å². The molecule has 2 aromatic heterocycles. The molecule has 0 unspecified atom stereocenters. The number of allylic oxidation sites excluding steroid dienone is 1. The van der Waals surface area contributed by atoms with Gasteiger partial charge in [0, 0.05) is 81.3 Å². The molecule has 0 spiro atoms. The quantitative estimate of drug-likeness (QED) is 0.464. The van der Waals surface area contributed by atoms with Crippen molar-refractivity contribution in [2.45, 2.75) is 0 Å². The molecule has 8 heteroatoms. The Hall–Kier alpha value is -4.56. The van der Waals surface area contributed by atoms with Crippen LogP contribution in [0.25, 0.3) is 23.5 Å². The van der Waals surface area contributed by atoms with Crippen LogP contribution in [-0.2, 0) is 0 Å². The third kappa shape index (κ3) is 4.39. The van der Waals surface area contributed by atoms with Crippen LogP contribution in [0.3, 0.4) is 0 Å². The molecule has 1 fully saturated rings. The molecule has 0 saturated carbocycles. The van der Waals surface area contributed by atoms with E-state index in [-0.39, 0.29) is 0 Å². The molecule has 0 radical (unpaired) electrons. The number of likely N-dealkylation sites (N-methyl/N-ethyl adjacent to an activating group) is 1. The fourth-order valence-corrected chi connectivity index (χ4v) is 5.14. The number of anilines is 2. The van der Waals surface area contributed by atoms with Crippen molar-refractivity contribution in [3.63, 3.8) is 0 Å². The lowest BCUT2D eigenvalue weighted by Gasteiger charge is -2.35. The molecule has 3 aliphatic rings. The summed E-state index contributed by atoms with van der Waals surface area (Å²) in [6, 6.07) is 12.6. The van der Waals surface area contributed by atoms with Crippen LogP contribution in [0.5, 0.6) is 0 Å². The van der Waals surface area contributed by atoms with Gasteiger partial charge in [-0.2, -0.15) is 0 Å². The summed E-state index contributed by atoms with van der Waals surface area (Å²) in [5, 5.41) is 13.5. The first-order valence-corrected chi connectivity index (χ1v) is 12.8. The van der Waals surface area contributed by atoms with Gasteiger partial charge in [-0.05, 0) is 66.2 Å². The summed E-state index contributed by atoms with van der Waals surface area (Å²) in [6.45, 7) is 8.35. The molecule has 0 amide bonds. The van der Waals surface area contributed by atoms with Gasteiger partial charge in [0.15, 0.2) is 0 Å². The maximum absolute atomic E-state index is 8.01. The van der Waals surface area contributed by atoms with Crippen molar-refractivity contribution in [1.29, 1.82) is 5.41 Å². The Morgan fingerprint density at radius 3 is 2.63 bits per heavy atom. The largest absolute Gasteiger partial charge is 0.369 e. The molecule has 38 heavy (non-hydrogen) atoms. The number of pyridine rings is 1. The Morgan fingerprint density at radius 2 is 1.82 bits per heavy atom. The van der Waals surface area contributed by atoms with E-state index >= 15 is 0 Å². The van der Waals surface area contributed by atoms with E-state index in [1.807, 2.05) is 48.9 Å². The fraction of sp³-hybridized carbons (Fsp3) is 0.200. The van der Waals surface area contributed by atoms with Crippen LogP contribution in [0.15, 0.2) is 73.6 Å². The topological polar surface area (TPSA) is 77.5 Å². The Morgan fingerprint density at radius 1 is 1.00 bits per heavy atom. The van der Waals surface area contributed by atoms with Crippen molar-refractivity contribution >= 4 is 41.1 Å². The predicted octanol–water partition coefficient (Wildman–Crippen LogP) is 2.54. The minimum absolute atomic E-state index is 0.840. The van der Waals surface area contributed by atoms with Gasteiger partial charge in [-0.3, -0.25) is 9.88 Å². The molecule has 192 valence electrons. The van der Waals surface area contributed by atoms with Crippen molar-refractivity contribution in [2.24, 2.45) is 0 Å². The summed E-state index contributed by atoms with van der Waals surface area (Å²) in [6.07, 6.45) is 13.4. The van der Waals surface area contributed by atoms with Gasteiger partial charge >= 0.3 is 0 Å². The van der Waals surface area contributed by atoms with E-state index in [2.05, 4.69) is 75.2 Å². The molecule has 5 heterocycles. The highest BCUT2D eigenvalue weighted by Crippen LogP contribution is 2.38. The van der Waals surface area contributed by atoms with Crippen LogP contribution < -0.4 is 25.7 Å². The van der Waals surface area contributed by atoms with E-state index in [4.69, 9.17) is 10.4 Å². The molecule has 0 bridgehead atoms. The summed E-state index contributed by atoms with van der Waals surface area (Å²) < 4.78 is 0.